The number of rotatable bonds is 3. The van der Waals surface area contributed by atoms with Crippen molar-refractivity contribution in [2.24, 2.45) is 0 Å². The molecule has 8 aromatic rings. The molecule has 2 heteroatoms. The van der Waals surface area contributed by atoms with E-state index in [0.717, 1.165) is 11.2 Å². The summed E-state index contributed by atoms with van der Waals surface area (Å²) in [5, 5.41) is 11.1. The van der Waals surface area contributed by atoms with Crippen LogP contribution < -0.4 is 0 Å². The minimum Gasteiger partial charge on any atom is -0.292 e. The lowest BCUT2D eigenvalue weighted by molar-refractivity contribution is 0.870. The number of nitrogens with one attached hydrogen (secondary N) is 1. The van der Waals surface area contributed by atoms with Gasteiger partial charge in [-0.25, -0.2) is 0 Å². The summed E-state index contributed by atoms with van der Waals surface area (Å²) in [5.41, 5.74) is 8.58. The third kappa shape index (κ3) is 3.07. The molecule has 0 saturated heterocycles. The molecule has 8 rings (SSSR count). The smallest absolute Gasteiger partial charge is 0.0880 e. The van der Waals surface area contributed by atoms with Gasteiger partial charge in [0.1, 0.15) is 0 Å². The van der Waals surface area contributed by atoms with Gasteiger partial charge in [-0.05, 0) is 78.8 Å². The summed E-state index contributed by atoms with van der Waals surface area (Å²) in [4.78, 5) is 0. The van der Waals surface area contributed by atoms with Gasteiger partial charge in [0, 0.05) is 0 Å². The lowest BCUT2D eigenvalue weighted by Crippen LogP contribution is -2.07. The Kier molecular flexibility index (Phi) is 4.55. The SMILES string of the molecule is c1ccc2c(-c3c4ccccc4c(-c4ccc(-n5[nH]c6ccccc65)cc4)c4ccccc34)cccc2c1. The maximum absolute atomic E-state index is 3.43. The molecule has 0 saturated carbocycles. The molecule has 0 aliphatic heterocycles. The van der Waals surface area contributed by atoms with Gasteiger partial charge in [-0.15, -0.1) is 0 Å². The summed E-state index contributed by atoms with van der Waals surface area (Å²) >= 11 is 0. The number of hydrogen-bond acceptors (Lipinski definition) is 0. The summed E-state index contributed by atoms with van der Waals surface area (Å²) in [5.74, 6) is 0. The summed E-state index contributed by atoms with van der Waals surface area (Å²) in [7, 11) is 0. The molecule has 0 radical (unpaired) electrons. The highest BCUT2D eigenvalue weighted by molar-refractivity contribution is 6.23. The van der Waals surface area contributed by atoms with E-state index in [2.05, 4.69) is 149 Å². The van der Waals surface area contributed by atoms with Crippen LogP contribution in [0.4, 0.5) is 0 Å². The normalized spacial score (nSPS) is 11.7. The van der Waals surface area contributed by atoms with Crippen LogP contribution in [0.15, 0.2) is 140 Å². The Morgan fingerprint density at radius 2 is 0.974 bits per heavy atom. The van der Waals surface area contributed by atoms with E-state index < -0.39 is 0 Å². The van der Waals surface area contributed by atoms with Gasteiger partial charge >= 0.3 is 0 Å². The maximum atomic E-state index is 3.43. The third-order valence-electron chi connectivity index (χ3n) is 7.78. The fourth-order valence-electron chi connectivity index (χ4n) is 6.04. The Morgan fingerprint density at radius 3 is 1.66 bits per heavy atom. The topological polar surface area (TPSA) is 20.7 Å². The van der Waals surface area contributed by atoms with E-state index in [-0.39, 0.29) is 0 Å². The molecule has 38 heavy (non-hydrogen) atoms. The number of aromatic nitrogens is 2. The third-order valence-corrected chi connectivity index (χ3v) is 7.78. The van der Waals surface area contributed by atoms with E-state index in [1.165, 1.54) is 60.1 Å². The highest BCUT2D eigenvalue weighted by atomic mass is 15.3. The van der Waals surface area contributed by atoms with Crippen LogP contribution in [0.1, 0.15) is 0 Å². The molecule has 0 fully saturated rings. The first-order chi connectivity index (χ1) is 18.9. The van der Waals surface area contributed by atoms with Gasteiger partial charge in [0.25, 0.3) is 0 Å². The van der Waals surface area contributed by atoms with Crippen molar-refractivity contribution in [3.8, 4) is 27.9 Å². The minimum absolute atomic E-state index is 1.13. The van der Waals surface area contributed by atoms with Gasteiger partial charge in [0.15, 0.2) is 0 Å². The first-order valence-electron chi connectivity index (χ1n) is 13.0. The molecule has 1 heterocycles. The molecule has 0 unspecified atom stereocenters. The number of para-hydroxylation sites is 2. The van der Waals surface area contributed by atoms with Crippen LogP contribution in [0.5, 0.6) is 0 Å². The van der Waals surface area contributed by atoms with Crippen LogP contribution in [0.3, 0.4) is 0 Å². The predicted octanol–water partition coefficient (Wildman–Crippen LogP) is 9.75. The number of H-pyrrole nitrogens is 1. The average Bonchev–Trinajstić information content (AvgIpc) is 2.97. The molecule has 2 nitrogen and oxygen atoms in total. The van der Waals surface area contributed by atoms with Crippen LogP contribution >= 0.6 is 0 Å². The van der Waals surface area contributed by atoms with Crippen LogP contribution in [0.25, 0.3) is 71.3 Å². The monoisotopic (exact) mass is 484 g/mol. The summed E-state index contributed by atoms with van der Waals surface area (Å²) in [6, 6.07) is 50.4. The Balaban J connectivity index is 1.39. The Labute approximate surface area is 220 Å². The second-order valence-electron chi connectivity index (χ2n) is 9.88. The second kappa shape index (κ2) is 8.22. The van der Waals surface area contributed by atoms with Crippen molar-refractivity contribution in [3.63, 3.8) is 0 Å². The molecule has 0 atom stereocenters. The molecular formula is C36H24N2. The molecule has 1 N–H and O–H groups in total. The number of hydrogen-bond donors (Lipinski definition) is 1. The van der Waals surface area contributed by atoms with E-state index in [1.54, 1.807) is 0 Å². The molecule has 0 aliphatic carbocycles. The Hall–Kier alpha value is -5.08. The number of aromatic amines is 1. The average molecular weight is 485 g/mol. The van der Waals surface area contributed by atoms with Crippen molar-refractivity contribution in [1.29, 1.82) is 0 Å². The predicted molar refractivity (Wildman–Crippen MR) is 161 cm³/mol. The molecule has 0 amide bonds. The number of benzene rings is 7. The van der Waals surface area contributed by atoms with Gasteiger partial charge in [-0.1, -0.05) is 115 Å². The maximum Gasteiger partial charge on any atom is 0.0880 e. The molecule has 0 bridgehead atoms. The van der Waals surface area contributed by atoms with E-state index in [9.17, 15) is 0 Å². The molecule has 1 aromatic heterocycles. The van der Waals surface area contributed by atoms with Crippen molar-refractivity contribution in [1.82, 2.24) is 9.78 Å². The number of fused-ring (bicyclic) bond motifs is 4. The van der Waals surface area contributed by atoms with Crippen LogP contribution in [0, 0.1) is 0 Å². The molecule has 178 valence electrons. The zero-order valence-electron chi connectivity index (χ0n) is 20.7. The number of nitrogens with zero attached hydrogens (tertiary/aromatic N) is 1. The highest BCUT2D eigenvalue weighted by Crippen LogP contribution is 2.45. The molecule has 0 spiro atoms. The Morgan fingerprint density at radius 1 is 0.421 bits per heavy atom. The largest absolute Gasteiger partial charge is 0.292 e. The van der Waals surface area contributed by atoms with Gasteiger partial charge in [-0.2, -0.15) is 0 Å². The summed E-state index contributed by atoms with van der Waals surface area (Å²) in [6.07, 6.45) is 0. The van der Waals surface area contributed by atoms with Crippen molar-refractivity contribution < 1.29 is 0 Å². The first kappa shape index (κ1) is 21.0. The minimum atomic E-state index is 1.13. The van der Waals surface area contributed by atoms with E-state index >= 15 is 0 Å². The van der Waals surface area contributed by atoms with Gasteiger partial charge in [-0.3, -0.25) is 9.78 Å². The molecule has 7 aromatic carbocycles. The zero-order valence-corrected chi connectivity index (χ0v) is 20.7. The summed E-state index contributed by atoms with van der Waals surface area (Å²) in [6.45, 7) is 0. The molecule has 0 aliphatic rings. The second-order valence-corrected chi connectivity index (χ2v) is 9.88. The van der Waals surface area contributed by atoms with E-state index in [0.29, 0.717) is 0 Å². The van der Waals surface area contributed by atoms with Crippen molar-refractivity contribution in [2.75, 3.05) is 0 Å². The fourth-order valence-corrected chi connectivity index (χ4v) is 6.04. The highest BCUT2D eigenvalue weighted by Gasteiger charge is 2.18. The van der Waals surface area contributed by atoms with Gasteiger partial charge in [0.2, 0.25) is 0 Å². The molecular weight excluding hydrogens is 460 g/mol. The quantitative estimate of drug-likeness (QED) is 0.241. The van der Waals surface area contributed by atoms with E-state index in [1.807, 2.05) is 0 Å². The van der Waals surface area contributed by atoms with Crippen molar-refractivity contribution in [3.05, 3.63) is 140 Å². The van der Waals surface area contributed by atoms with E-state index in [4.69, 9.17) is 0 Å². The van der Waals surface area contributed by atoms with Crippen LogP contribution in [0.2, 0.25) is 0 Å². The summed E-state index contributed by atoms with van der Waals surface area (Å²) < 4.78 is 2.14. The van der Waals surface area contributed by atoms with Gasteiger partial charge < -0.3 is 0 Å². The van der Waals surface area contributed by atoms with Crippen molar-refractivity contribution in [2.45, 2.75) is 0 Å². The first-order valence-corrected chi connectivity index (χ1v) is 13.0. The fraction of sp³-hybridized carbons (Fsp3) is 0. The zero-order chi connectivity index (χ0) is 25.1. The standard InChI is InChI=1S/C36H24N2/c1-2-12-27-24(10-1)11-9-17-28(27)36-31-15-5-3-13-29(31)35(30-14-4-6-16-32(30)36)25-20-22-26(23-21-25)38-34-19-8-7-18-33(34)37-38/h1-23,37H. The van der Waals surface area contributed by atoms with Crippen LogP contribution in [-0.4, -0.2) is 9.78 Å². The lowest BCUT2D eigenvalue weighted by Gasteiger charge is -2.20. The lowest BCUT2D eigenvalue weighted by atomic mass is 9.85. The van der Waals surface area contributed by atoms with Crippen molar-refractivity contribution >= 4 is 43.4 Å². The van der Waals surface area contributed by atoms with Crippen LogP contribution in [-0.2, 0) is 0 Å². The Bertz CT molecular complexity index is 2060. The van der Waals surface area contributed by atoms with Gasteiger partial charge in [0.05, 0.1) is 16.7 Å².